The Morgan fingerprint density at radius 1 is 1.09 bits per heavy atom. The summed E-state index contributed by atoms with van der Waals surface area (Å²) in [5.74, 6) is 5.73. The number of hydrogen-bond acceptors (Lipinski definition) is 7. The van der Waals surface area contributed by atoms with Crippen LogP contribution in [0.4, 0.5) is 4.79 Å². The molecule has 4 aliphatic carbocycles. The number of halogens is 1. The Morgan fingerprint density at radius 3 is 2.45 bits per heavy atom. The van der Waals surface area contributed by atoms with E-state index in [0.29, 0.717) is 44.8 Å². The molecule has 1 saturated heterocycles. The van der Waals surface area contributed by atoms with Crippen molar-refractivity contribution in [2.45, 2.75) is 108 Å². The lowest BCUT2D eigenvalue weighted by Gasteiger charge is -2.58. The largest absolute Gasteiger partial charge is 0.440 e. The predicted molar refractivity (Wildman–Crippen MR) is 174 cm³/mol. The molecule has 3 saturated carbocycles. The van der Waals surface area contributed by atoms with E-state index in [-0.39, 0.29) is 29.3 Å². The summed E-state index contributed by atoms with van der Waals surface area (Å²) in [6, 6.07) is 8.23. The van der Waals surface area contributed by atoms with E-state index in [9.17, 15) is 15.0 Å². The molecule has 6 rings (SSSR count). The first-order chi connectivity index (χ1) is 20.7. The van der Waals surface area contributed by atoms with Crippen LogP contribution in [-0.2, 0) is 14.2 Å². The highest BCUT2D eigenvalue weighted by Gasteiger charge is 2.65. The van der Waals surface area contributed by atoms with Gasteiger partial charge in [0.05, 0.1) is 18.8 Å². The van der Waals surface area contributed by atoms with E-state index < -0.39 is 22.4 Å². The molecular weight excluding hydrogens is 596 g/mol. The number of hydrogen-bond donors (Lipinski definition) is 2. The Labute approximate surface area is 271 Å². The molecular formula is C36H45ClO6S. The molecule has 1 heterocycles. The maximum absolute atomic E-state index is 12.4. The molecule has 1 aliphatic heterocycles. The first-order valence-corrected chi connectivity index (χ1v) is 16.9. The number of thiocarbonyl (C=S) groups is 1. The van der Waals surface area contributed by atoms with Gasteiger partial charge in [-0.25, -0.2) is 4.79 Å². The number of ether oxygens (including phenoxy) is 3. The van der Waals surface area contributed by atoms with Gasteiger partial charge in [-0.3, -0.25) is 0 Å². The fraction of sp³-hybridized carbons (Fsp3) is 0.667. The van der Waals surface area contributed by atoms with Crippen molar-refractivity contribution in [1.29, 1.82) is 0 Å². The standard InChI is InChI=1S/C36H45ClO6S/c1-5-29(44)36(40)17-14-27-25-12-15-34(39)20-35(42-21-32(2,3)22-43-35)16-13-28(34)30(25)26(19-33(27,36)4)24-10-8-23(9-11-24)7-6-18-41-31(37)38/h8-11,25-27,39-40H,5,12-22H2,1-4H3. The molecule has 238 valence electrons. The van der Waals surface area contributed by atoms with Gasteiger partial charge < -0.3 is 24.4 Å². The third-order valence-electron chi connectivity index (χ3n) is 11.6. The summed E-state index contributed by atoms with van der Waals surface area (Å²) in [6.07, 6.45) is 6.55. The van der Waals surface area contributed by atoms with Crippen LogP contribution in [0.25, 0.3) is 0 Å². The van der Waals surface area contributed by atoms with Crippen LogP contribution >= 0.6 is 23.8 Å². The number of carbonyl (C=O) groups excluding carboxylic acids is 1. The summed E-state index contributed by atoms with van der Waals surface area (Å²) in [5, 5.41) is 24.7. The Balaban J connectivity index is 1.39. The van der Waals surface area contributed by atoms with Crippen LogP contribution in [-0.4, -0.2) is 57.3 Å². The zero-order chi connectivity index (χ0) is 31.5. The van der Waals surface area contributed by atoms with Crippen molar-refractivity contribution in [3.05, 3.63) is 46.5 Å². The molecule has 8 heteroatoms. The molecule has 0 aromatic heterocycles. The van der Waals surface area contributed by atoms with Gasteiger partial charge in [-0.15, -0.1) is 0 Å². The average molecular weight is 641 g/mol. The van der Waals surface area contributed by atoms with Gasteiger partial charge in [0.2, 0.25) is 0 Å². The van der Waals surface area contributed by atoms with E-state index in [2.05, 4.69) is 44.7 Å². The molecule has 1 spiro atoms. The smallest absolute Gasteiger partial charge is 0.404 e. The highest BCUT2D eigenvalue weighted by molar-refractivity contribution is 7.80. The molecule has 6 unspecified atom stereocenters. The van der Waals surface area contributed by atoms with Crippen molar-refractivity contribution >= 4 is 34.1 Å². The number of rotatable bonds is 4. The second-order valence-corrected chi connectivity index (χ2v) is 15.6. The lowest BCUT2D eigenvalue weighted by atomic mass is 9.49. The van der Waals surface area contributed by atoms with Crippen molar-refractivity contribution in [2.24, 2.45) is 22.7 Å². The summed E-state index contributed by atoms with van der Waals surface area (Å²) in [5.41, 5.74) is 1.27. The Morgan fingerprint density at radius 2 is 1.80 bits per heavy atom. The Kier molecular flexibility index (Phi) is 8.39. The second kappa shape index (κ2) is 11.5. The fourth-order valence-electron chi connectivity index (χ4n) is 9.34. The van der Waals surface area contributed by atoms with Crippen LogP contribution in [0.1, 0.15) is 103 Å². The lowest BCUT2D eigenvalue weighted by molar-refractivity contribution is -0.322. The van der Waals surface area contributed by atoms with Gasteiger partial charge in [-0.2, -0.15) is 0 Å². The maximum Gasteiger partial charge on any atom is 0.404 e. The molecule has 1 aromatic carbocycles. The van der Waals surface area contributed by atoms with E-state index in [1.165, 1.54) is 11.1 Å². The third kappa shape index (κ3) is 5.38. The normalized spacial score (nSPS) is 36.8. The average Bonchev–Trinajstić information content (AvgIpc) is 3.27. The summed E-state index contributed by atoms with van der Waals surface area (Å²) >= 11 is 11.1. The molecule has 0 bridgehead atoms. The molecule has 1 aromatic rings. The van der Waals surface area contributed by atoms with Gasteiger partial charge in [0.1, 0.15) is 5.60 Å². The fourth-order valence-corrected chi connectivity index (χ4v) is 9.73. The van der Waals surface area contributed by atoms with Crippen molar-refractivity contribution in [2.75, 3.05) is 19.8 Å². The summed E-state index contributed by atoms with van der Waals surface area (Å²) in [6.45, 7) is 9.80. The van der Waals surface area contributed by atoms with Crippen LogP contribution in [0.15, 0.2) is 35.4 Å². The first kappa shape index (κ1) is 32.2. The molecule has 0 amide bonds. The Hall–Kier alpha value is -1.79. The van der Waals surface area contributed by atoms with E-state index in [0.717, 1.165) is 48.1 Å². The van der Waals surface area contributed by atoms with Gasteiger partial charge in [-0.1, -0.05) is 69.5 Å². The molecule has 44 heavy (non-hydrogen) atoms. The van der Waals surface area contributed by atoms with Crippen LogP contribution in [0.5, 0.6) is 0 Å². The van der Waals surface area contributed by atoms with Gasteiger partial charge in [-0.05, 0) is 80.1 Å². The SMILES string of the molecule is CCC(=S)C1(O)CCC2C3CCC4(O)CC5(CCC4=C3C(c3ccc(C#CCOC(=O)Cl)cc3)CC21C)OCC(C)(C)CO5. The van der Waals surface area contributed by atoms with Gasteiger partial charge >= 0.3 is 5.43 Å². The van der Waals surface area contributed by atoms with Crippen molar-refractivity contribution in [3.8, 4) is 11.8 Å². The number of carbonyl (C=O) groups is 1. The summed E-state index contributed by atoms with van der Waals surface area (Å²) in [4.78, 5) is 11.6. The van der Waals surface area contributed by atoms with E-state index >= 15 is 0 Å². The zero-order valence-corrected chi connectivity index (χ0v) is 27.9. The molecule has 6 atom stereocenters. The van der Waals surface area contributed by atoms with Crippen molar-refractivity contribution in [3.63, 3.8) is 0 Å². The predicted octanol–water partition coefficient (Wildman–Crippen LogP) is 7.22. The van der Waals surface area contributed by atoms with Crippen LogP contribution in [0.3, 0.4) is 0 Å². The maximum atomic E-state index is 12.4. The number of fused-ring (bicyclic) bond motifs is 4. The molecule has 2 N–H and O–H groups in total. The molecule has 0 radical (unpaired) electrons. The van der Waals surface area contributed by atoms with E-state index in [1.54, 1.807) is 0 Å². The monoisotopic (exact) mass is 640 g/mol. The van der Waals surface area contributed by atoms with Crippen LogP contribution in [0, 0.1) is 34.5 Å². The highest BCUT2D eigenvalue weighted by Crippen LogP contribution is 2.68. The van der Waals surface area contributed by atoms with Crippen molar-refractivity contribution in [1.82, 2.24) is 0 Å². The summed E-state index contributed by atoms with van der Waals surface area (Å²) in [7, 11) is 0. The van der Waals surface area contributed by atoms with Gasteiger partial charge in [0.25, 0.3) is 0 Å². The minimum Gasteiger partial charge on any atom is -0.440 e. The van der Waals surface area contributed by atoms with Crippen LogP contribution < -0.4 is 0 Å². The minimum absolute atomic E-state index is 0.0349. The quantitative estimate of drug-likeness (QED) is 0.156. The third-order valence-corrected chi connectivity index (χ3v) is 12.3. The van der Waals surface area contributed by atoms with E-state index in [4.69, 9.17) is 38.0 Å². The second-order valence-electron chi connectivity index (χ2n) is 14.8. The number of aliphatic hydroxyl groups is 2. The first-order valence-electron chi connectivity index (χ1n) is 16.2. The lowest BCUT2D eigenvalue weighted by Crippen LogP contribution is -2.59. The van der Waals surface area contributed by atoms with Crippen LogP contribution in [0.2, 0.25) is 0 Å². The zero-order valence-electron chi connectivity index (χ0n) is 26.3. The van der Waals surface area contributed by atoms with E-state index in [1.807, 2.05) is 19.1 Å². The van der Waals surface area contributed by atoms with Gasteiger partial charge in [0, 0.05) is 51.6 Å². The highest BCUT2D eigenvalue weighted by atomic mass is 35.5. The molecule has 5 aliphatic rings. The van der Waals surface area contributed by atoms with Crippen molar-refractivity contribution < 1.29 is 29.2 Å². The topological polar surface area (TPSA) is 85.2 Å². The number of allylic oxidation sites excluding steroid dienone is 1. The minimum atomic E-state index is -0.984. The Bertz CT molecular complexity index is 1410. The molecule has 6 nitrogen and oxygen atoms in total. The molecule has 4 fully saturated rings. The number of benzene rings is 1. The summed E-state index contributed by atoms with van der Waals surface area (Å²) < 4.78 is 17.5. The van der Waals surface area contributed by atoms with Gasteiger partial charge in [0.15, 0.2) is 12.4 Å².